The maximum Gasteiger partial charge on any atom is 0.254 e. The molecule has 0 radical (unpaired) electrons. The van der Waals surface area contributed by atoms with Crippen molar-refractivity contribution < 1.29 is 9.53 Å². The number of piperidine rings is 1. The summed E-state index contributed by atoms with van der Waals surface area (Å²) in [5, 5.41) is 0. The quantitative estimate of drug-likeness (QED) is 0.784. The third-order valence-corrected chi connectivity index (χ3v) is 3.63. The Morgan fingerprint density at radius 3 is 2.69 bits per heavy atom. The van der Waals surface area contributed by atoms with Gasteiger partial charge in [0.05, 0.1) is 0 Å². The highest BCUT2D eigenvalue weighted by Crippen LogP contribution is 2.22. The smallest absolute Gasteiger partial charge is 0.254 e. The summed E-state index contributed by atoms with van der Waals surface area (Å²) in [6.07, 6.45) is 1.92. The van der Waals surface area contributed by atoms with E-state index >= 15 is 0 Å². The van der Waals surface area contributed by atoms with Gasteiger partial charge in [0, 0.05) is 26.2 Å². The molecule has 1 rings (SSSR count). The minimum atomic E-state index is -0.722. The zero-order chi connectivity index (χ0) is 12.3. The van der Waals surface area contributed by atoms with Crippen LogP contribution >= 0.6 is 0 Å². The van der Waals surface area contributed by atoms with Gasteiger partial charge in [0.1, 0.15) is 5.60 Å². The maximum absolute atomic E-state index is 12.2. The second-order valence-electron chi connectivity index (χ2n) is 5.09. The van der Waals surface area contributed by atoms with E-state index < -0.39 is 5.60 Å². The van der Waals surface area contributed by atoms with Crippen LogP contribution in [0.4, 0.5) is 0 Å². The number of carbonyl (C=O) groups excluding carboxylic acids is 1. The van der Waals surface area contributed by atoms with Crippen molar-refractivity contribution in [3.8, 4) is 0 Å². The van der Waals surface area contributed by atoms with Crippen molar-refractivity contribution in [3.63, 3.8) is 0 Å². The third kappa shape index (κ3) is 2.74. The van der Waals surface area contributed by atoms with E-state index in [1.54, 1.807) is 7.11 Å². The summed E-state index contributed by atoms with van der Waals surface area (Å²) in [5.74, 6) is 0.491. The number of likely N-dealkylation sites (tertiary alicyclic amines) is 1. The SMILES string of the molecule is CCC1CN(C(=O)C(C)(C)OC)CCC1N. The Kier molecular flexibility index (Phi) is 4.33. The fraction of sp³-hybridized carbons (Fsp3) is 0.917. The van der Waals surface area contributed by atoms with Gasteiger partial charge in [-0.15, -0.1) is 0 Å². The Morgan fingerprint density at radius 1 is 1.56 bits per heavy atom. The highest BCUT2D eigenvalue weighted by molar-refractivity contribution is 5.84. The second-order valence-corrected chi connectivity index (χ2v) is 5.09. The Morgan fingerprint density at radius 2 is 2.19 bits per heavy atom. The van der Waals surface area contributed by atoms with Crippen molar-refractivity contribution in [1.29, 1.82) is 0 Å². The van der Waals surface area contributed by atoms with Crippen molar-refractivity contribution in [2.75, 3.05) is 20.2 Å². The minimum absolute atomic E-state index is 0.0698. The lowest BCUT2D eigenvalue weighted by Crippen LogP contribution is -2.54. The van der Waals surface area contributed by atoms with Crippen molar-refractivity contribution in [1.82, 2.24) is 4.90 Å². The van der Waals surface area contributed by atoms with E-state index in [-0.39, 0.29) is 11.9 Å². The molecule has 0 aliphatic carbocycles. The summed E-state index contributed by atoms with van der Waals surface area (Å²) in [5.41, 5.74) is 5.30. The van der Waals surface area contributed by atoms with E-state index in [0.29, 0.717) is 5.92 Å². The van der Waals surface area contributed by atoms with Crippen molar-refractivity contribution in [2.45, 2.75) is 45.3 Å². The lowest BCUT2D eigenvalue weighted by Gasteiger charge is -2.39. The Bertz CT molecular complexity index is 253. The molecule has 0 spiro atoms. The van der Waals surface area contributed by atoms with E-state index in [1.807, 2.05) is 18.7 Å². The van der Waals surface area contributed by atoms with Crippen LogP contribution in [0.1, 0.15) is 33.6 Å². The molecule has 0 bridgehead atoms. The van der Waals surface area contributed by atoms with Crippen molar-refractivity contribution >= 4 is 5.91 Å². The molecule has 0 saturated carbocycles. The molecule has 16 heavy (non-hydrogen) atoms. The number of nitrogens with two attached hydrogens (primary N) is 1. The summed E-state index contributed by atoms with van der Waals surface area (Å²) in [4.78, 5) is 14.1. The lowest BCUT2D eigenvalue weighted by atomic mass is 9.90. The first-order valence-corrected chi connectivity index (χ1v) is 6.02. The van der Waals surface area contributed by atoms with Gasteiger partial charge in [-0.2, -0.15) is 0 Å². The van der Waals surface area contributed by atoms with Gasteiger partial charge in [-0.1, -0.05) is 13.3 Å². The largest absolute Gasteiger partial charge is 0.369 e. The number of nitrogens with zero attached hydrogens (tertiary/aromatic N) is 1. The van der Waals surface area contributed by atoms with Crippen LogP contribution in [-0.2, 0) is 9.53 Å². The van der Waals surface area contributed by atoms with Gasteiger partial charge in [0.15, 0.2) is 0 Å². The zero-order valence-electron chi connectivity index (χ0n) is 10.8. The normalized spacial score (nSPS) is 26.9. The molecular weight excluding hydrogens is 204 g/mol. The van der Waals surface area contributed by atoms with Gasteiger partial charge < -0.3 is 15.4 Å². The van der Waals surface area contributed by atoms with Crippen LogP contribution in [0.25, 0.3) is 0 Å². The number of amides is 1. The van der Waals surface area contributed by atoms with Crippen LogP contribution in [0, 0.1) is 5.92 Å². The van der Waals surface area contributed by atoms with Gasteiger partial charge in [0.25, 0.3) is 5.91 Å². The molecule has 4 heteroatoms. The first-order chi connectivity index (χ1) is 7.42. The first-order valence-electron chi connectivity index (χ1n) is 6.02. The highest BCUT2D eigenvalue weighted by atomic mass is 16.5. The highest BCUT2D eigenvalue weighted by Gasteiger charge is 2.35. The summed E-state index contributed by atoms with van der Waals surface area (Å²) in [6, 6.07) is 0.236. The molecule has 2 N–H and O–H groups in total. The molecule has 2 unspecified atom stereocenters. The van der Waals surface area contributed by atoms with Gasteiger partial charge in [0.2, 0.25) is 0 Å². The number of hydrogen-bond acceptors (Lipinski definition) is 3. The molecule has 4 nitrogen and oxygen atoms in total. The van der Waals surface area contributed by atoms with E-state index in [1.165, 1.54) is 0 Å². The molecule has 0 aromatic carbocycles. The first kappa shape index (κ1) is 13.5. The predicted octanol–water partition coefficient (Wildman–Crippen LogP) is 0.997. The molecule has 94 valence electrons. The number of hydrogen-bond donors (Lipinski definition) is 1. The minimum Gasteiger partial charge on any atom is -0.369 e. The van der Waals surface area contributed by atoms with Crippen LogP contribution in [0.2, 0.25) is 0 Å². The molecule has 1 heterocycles. The van der Waals surface area contributed by atoms with E-state index in [4.69, 9.17) is 10.5 Å². The molecule has 0 aromatic heterocycles. The zero-order valence-corrected chi connectivity index (χ0v) is 10.8. The molecule has 1 aliphatic heterocycles. The molecule has 1 aliphatic rings. The Hall–Kier alpha value is -0.610. The summed E-state index contributed by atoms with van der Waals surface area (Å²) >= 11 is 0. The van der Waals surface area contributed by atoms with Crippen LogP contribution < -0.4 is 5.73 Å². The van der Waals surface area contributed by atoms with Crippen molar-refractivity contribution in [2.24, 2.45) is 11.7 Å². The molecule has 1 saturated heterocycles. The monoisotopic (exact) mass is 228 g/mol. The van der Waals surface area contributed by atoms with Crippen LogP contribution in [0.15, 0.2) is 0 Å². The van der Waals surface area contributed by atoms with Crippen LogP contribution in [-0.4, -0.2) is 42.6 Å². The molecule has 1 amide bonds. The fourth-order valence-corrected chi connectivity index (χ4v) is 2.13. The molecule has 0 aromatic rings. The maximum atomic E-state index is 12.2. The second kappa shape index (κ2) is 5.15. The summed E-state index contributed by atoms with van der Waals surface area (Å²) in [7, 11) is 1.57. The van der Waals surface area contributed by atoms with Crippen LogP contribution in [0.3, 0.4) is 0 Å². The third-order valence-electron chi connectivity index (χ3n) is 3.63. The number of rotatable bonds is 3. The van der Waals surface area contributed by atoms with Crippen molar-refractivity contribution in [3.05, 3.63) is 0 Å². The average Bonchev–Trinajstić information content (AvgIpc) is 2.28. The molecular formula is C12H24N2O2. The van der Waals surface area contributed by atoms with E-state index in [2.05, 4.69) is 6.92 Å². The van der Waals surface area contributed by atoms with Crippen LogP contribution in [0.5, 0.6) is 0 Å². The predicted molar refractivity (Wildman–Crippen MR) is 64.0 cm³/mol. The van der Waals surface area contributed by atoms with Gasteiger partial charge >= 0.3 is 0 Å². The standard InChI is InChI=1S/C12H24N2O2/c1-5-9-8-14(7-6-10(9)13)11(15)12(2,3)16-4/h9-10H,5-8,13H2,1-4H3. The Balaban J connectivity index is 2.65. The average molecular weight is 228 g/mol. The number of methoxy groups -OCH3 is 1. The molecule has 1 fully saturated rings. The Labute approximate surface area is 98.1 Å². The topological polar surface area (TPSA) is 55.6 Å². The van der Waals surface area contributed by atoms with Gasteiger partial charge in [-0.25, -0.2) is 0 Å². The fourth-order valence-electron chi connectivity index (χ4n) is 2.13. The van der Waals surface area contributed by atoms with E-state index in [0.717, 1.165) is 25.9 Å². The molecule has 2 atom stereocenters. The lowest BCUT2D eigenvalue weighted by molar-refractivity contribution is -0.153. The summed E-state index contributed by atoms with van der Waals surface area (Å²) < 4.78 is 5.23. The summed E-state index contributed by atoms with van der Waals surface area (Å²) in [6.45, 7) is 7.27. The number of carbonyl (C=O) groups is 1. The van der Waals surface area contributed by atoms with Gasteiger partial charge in [-0.3, -0.25) is 4.79 Å². The van der Waals surface area contributed by atoms with E-state index in [9.17, 15) is 4.79 Å². The van der Waals surface area contributed by atoms with Gasteiger partial charge in [-0.05, 0) is 26.2 Å². The number of ether oxygens (including phenoxy) is 1.